The van der Waals surface area contributed by atoms with Gasteiger partial charge >= 0.3 is 0 Å². The Labute approximate surface area is 184 Å². The van der Waals surface area contributed by atoms with Gasteiger partial charge < -0.3 is 19.5 Å². The summed E-state index contributed by atoms with van der Waals surface area (Å²) in [5.74, 6) is 1.34. The number of benzene rings is 2. The fraction of sp³-hybridized carbons (Fsp3) is 0.480. The molecule has 2 unspecified atom stereocenters. The first-order valence-corrected chi connectivity index (χ1v) is 11.2. The lowest BCUT2D eigenvalue weighted by molar-refractivity contribution is 0.0670. The van der Waals surface area contributed by atoms with Crippen LogP contribution in [-0.2, 0) is 4.74 Å². The quantitative estimate of drug-likeness (QED) is 0.663. The average molecular weight is 425 g/mol. The molecule has 2 aromatic rings. The van der Waals surface area contributed by atoms with Crippen molar-refractivity contribution in [2.75, 3.05) is 40.0 Å². The lowest BCUT2D eigenvalue weighted by atomic mass is 10.0. The second-order valence-electron chi connectivity index (χ2n) is 8.18. The van der Waals surface area contributed by atoms with E-state index in [0.29, 0.717) is 24.5 Å². The maximum atomic E-state index is 13.1. The number of carbonyl (C=O) groups is 1. The zero-order valence-electron chi connectivity index (χ0n) is 18.2. The van der Waals surface area contributed by atoms with E-state index in [1.165, 1.54) is 18.4 Å². The van der Waals surface area contributed by atoms with E-state index in [0.717, 1.165) is 38.3 Å². The number of methoxy groups -OCH3 is 1. The first-order chi connectivity index (χ1) is 15.2. The lowest BCUT2D eigenvalue weighted by Crippen LogP contribution is -2.37. The van der Waals surface area contributed by atoms with Gasteiger partial charge in [0.1, 0.15) is 18.1 Å². The van der Waals surface area contributed by atoms with Gasteiger partial charge in [0.15, 0.2) is 0 Å². The lowest BCUT2D eigenvalue weighted by Gasteiger charge is -2.28. The summed E-state index contributed by atoms with van der Waals surface area (Å²) in [7, 11) is 1.67. The van der Waals surface area contributed by atoms with Crippen LogP contribution in [0.4, 0.5) is 0 Å². The predicted molar refractivity (Wildman–Crippen MR) is 120 cm³/mol. The van der Waals surface area contributed by atoms with Crippen LogP contribution in [0.2, 0.25) is 0 Å². The summed E-state index contributed by atoms with van der Waals surface area (Å²) in [5, 5.41) is 3.15. The van der Waals surface area contributed by atoms with Crippen molar-refractivity contribution in [1.29, 1.82) is 0 Å². The van der Waals surface area contributed by atoms with Crippen molar-refractivity contribution in [2.24, 2.45) is 0 Å². The fourth-order valence-electron chi connectivity index (χ4n) is 4.36. The van der Waals surface area contributed by atoms with Crippen molar-refractivity contribution in [3.05, 3.63) is 59.7 Å². The van der Waals surface area contributed by atoms with E-state index < -0.39 is 0 Å². The second kappa shape index (κ2) is 10.6. The Kier molecular flexibility index (Phi) is 7.43. The second-order valence-corrected chi connectivity index (χ2v) is 8.18. The first kappa shape index (κ1) is 21.7. The normalized spacial score (nSPS) is 19.8. The van der Waals surface area contributed by atoms with E-state index in [2.05, 4.69) is 22.3 Å². The van der Waals surface area contributed by atoms with E-state index in [-0.39, 0.29) is 18.1 Å². The minimum Gasteiger partial charge on any atom is -0.497 e. The first-order valence-electron chi connectivity index (χ1n) is 11.2. The van der Waals surface area contributed by atoms with Gasteiger partial charge in [-0.15, -0.1) is 0 Å². The summed E-state index contributed by atoms with van der Waals surface area (Å²) in [4.78, 5) is 15.5. The molecule has 1 amide bonds. The minimum absolute atomic E-state index is 0.111. The van der Waals surface area contributed by atoms with E-state index in [9.17, 15) is 4.79 Å². The zero-order valence-corrected chi connectivity index (χ0v) is 18.2. The number of hydrogen-bond acceptors (Lipinski definition) is 5. The molecular weight excluding hydrogens is 392 g/mol. The van der Waals surface area contributed by atoms with E-state index in [1.807, 2.05) is 36.4 Å². The molecule has 31 heavy (non-hydrogen) atoms. The molecule has 0 aliphatic carbocycles. The topological polar surface area (TPSA) is 60.0 Å². The van der Waals surface area contributed by atoms with Gasteiger partial charge in [-0.3, -0.25) is 9.69 Å². The molecule has 2 aromatic carbocycles. The van der Waals surface area contributed by atoms with Crippen molar-refractivity contribution in [1.82, 2.24) is 10.2 Å². The third kappa shape index (κ3) is 5.57. The van der Waals surface area contributed by atoms with Gasteiger partial charge in [0.05, 0.1) is 24.8 Å². The molecule has 2 saturated heterocycles. The zero-order chi connectivity index (χ0) is 21.5. The van der Waals surface area contributed by atoms with Gasteiger partial charge in [0, 0.05) is 13.2 Å². The third-order valence-electron chi connectivity index (χ3n) is 6.12. The van der Waals surface area contributed by atoms with Crippen LogP contribution in [0, 0.1) is 0 Å². The maximum absolute atomic E-state index is 13.1. The molecule has 2 atom stereocenters. The van der Waals surface area contributed by atoms with Gasteiger partial charge in [-0.05, 0) is 68.6 Å². The Morgan fingerprint density at radius 3 is 2.61 bits per heavy atom. The summed E-state index contributed by atoms with van der Waals surface area (Å²) >= 11 is 0. The number of ether oxygens (including phenoxy) is 3. The molecule has 2 fully saturated rings. The SMILES string of the molecule is COc1ccc(C(CNC(=O)c2ccccc2OCC2CCCO2)N2CCCC2)cc1. The van der Waals surface area contributed by atoms with Gasteiger partial charge in [0.2, 0.25) is 0 Å². The largest absolute Gasteiger partial charge is 0.497 e. The molecule has 4 rings (SSSR count). The van der Waals surface area contributed by atoms with Crippen LogP contribution >= 0.6 is 0 Å². The molecule has 0 radical (unpaired) electrons. The van der Waals surface area contributed by atoms with Gasteiger partial charge in [0.25, 0.3) is 5.91 Å². The van der Waals surface area contributed by atoms with Gasteiger partial charge in [-0.1, -0.05) is 24.3 Å². The van der Waals surface area contributed by atoms with Crippen LogP contribution in [-0.4, -0.2) is 56.9 Å². The molecule has 2 aliphatic heterocycles. The molecule has 0 saturated carbocycles. The highest BCUT2D eigenvalue weighted by molar-refractivity contribution is 5.96. The highest BCUT2D eigenvalue weighted by Crippen LogP contribution is 2.27. The Hall–Kier alpha value is -2.57. The Morgan fingerprint density at radius 1 is 1.13 bits per heavy atom. The Morgan fingerprint density at radius 2 is 1.90 bits per heavy atom. The minimum atomic E-state index is -0.111. The Balaban J connectivity index is 1.42. The highest BCUT2D eigenvalue weighted by atomic mass is 16.5. The molecule has 2 aliphatic rings. The highest BCUT2D eigenvalue weighted by Gasteiger charge is 2.25. The van der Waals surface area contributed by atoms with Gasteiger partial charge in [-0.2, -0.15) is 0 Å². The van der Waals surface area contributed by atoms with Crippen LogP contribution in [0.5, 0.6) is 11.5 Å². The molecule has 0 aromatic heterocycles. The number of amides is 1. The molecular formula is C25H32N2O4. The summed E-state index contributed by atoms with van der Waals surface area (Å²) in [6.45, 7) is 3.92. The number of likely N-dealkylation sites (tertiary alicyclic amines) is 1. The van der Waals surface area contributed by atoms with Crippen LogP contribution in [0.25, 0.3) is 0 Å². The maximum Gasteiger partial charge on any atom is 0.255 e. The van der Waals surface area contributed by atoms with E-state index >= 15 is 0 Å². The monoisotopic (exact) mass is 424 g/mol. The van der Waals surface area contributed by atoms with Crippen molar-refractivity contribution < 1.29 is 19.0 Å². The predicted octanol–water partition coefficient (Wildman–Crippen LogP) is 3.82. The summed E-state index contributed by atoms with van der Waals surface area (Å²) in [5.41, 5.74) is 1.75. The Bertz CT molecular complexity index is 843. The molecule has 2 heterocycles. The molecule has 6 heteroatoms. The average Bonchev–Trinajstić information content (AvgIpc) is 3.53. The number of hydrogen-bond donors (Lipinski definition) is 1. The summed E-state index contributed by atoms with van der Waals surface area (Å²) in [6, 6.07) is 15.7. The molecule has 166 valence electrons. The summed E-state index contributed by atoms with van der Waals surface area (Å²) in [6.07, 6.45) is 4.58. The number of nitrogens with one attached hydrogen (secondary N) is 1. The van der Waals surface area contributed by atoms with Gasteiger partial charge in [-0.25, -0.2) is 0 Å². The smallest absolute Gasteiger partial charge is 0.255 e. The number of carbonyl (C=O) groups excluding carboxylic acids is 1. The van der Waals surface area contributed by atoms with Crippen molar-refractivity contribution in [3.8, 4) is 11.5 Å². The molecule has 0 bridgehead atoms. The van der Waals surface area contributed by atoms with Crippen LogP contribution < -0.4 is 14.8 Å². The third-order valence-corrected chi connectivity index (χ3v) is 6.12. The van der Waals surface area contributed by atoms with Crippen molar-refractivity contribution in [3.63, 3.8) is 0 Å². The van der Waals surface area contributed by atoms with Crippen LogP contribution in [0.15, 0.2) is 48.5 Å². The standard InChI is InChI=1S/C25H32N2O4/c1-29-20-12-10-19(11-13-20)23(27-14-4-5-15-27)17-26-25(28)22-8-2-3-9-24(22)31-18-21-7-6-16-30-21/h2-3,8-13,21,23H,4-7,14-18H2,1H3,(H,26,28). The molecule has 6 nitrogen and oxygen atoms in total. The summed E-state index contributed by atoms with van der Waals surface area (Å²) < 4.78 is 16.9. The number of nitrogens with zero attached hydrogens (tertiary/aromatic N) is 1. The van der Waals surface area contributed by atoms with E-state index in [1.54, 1.807) is 7.11 Å². The van der Waals surface area contributed by atoms with Crippen LogP contribution in [0.1, 0.15) is 47.6 Å². The fourth-order valence-corrected chi connectivity index (χ4v) is 4.36. The van der Waals surface area contributed by atoms with E-state index in [4.69, 9.17) is 14.2 Å². The van der Waals surface area contributed by atoms with Crippen molar-refractivity contribution in [2.45, 2.75) is 37.8 Å². The molecule has 1 N–H and O–H groups in total. The number of rotatable bonds is 9. The molecule has 0 spiro atoms. The number of para-hydroxylation sites is 1. The van der Waals surface area contributed by atoms with Crippen LogP contribution in [0.3, 0.4) is 0 Å². The van der Waals surface area contributed by atoms with Crippen molar-refractivity contribution >= 4 is 5.91 Å².